The van der Waals surface area contributed by atoms with Crippen LogP contribution in [0.3, 0.4) is 0 Å². The Kier molecular flexibility index (Phi) is 4.77. The summed E-state index contributed by atoms with van der Waals surface area (Å²) in [4.78, 5) is 12.2. The number of ether oxygens (including phenoxy) is 1. The predicted molar refractivity (Wildman–Crippen MR) is 85.9 cm³/mol. The first-order chi connectivity index (χ1) is 10.0. The van der Waals surface area contributed by atoms with Gasteiger partial charge in [0.25, 0.3) is 5.91 Å². The number of hydrogen-bond acceptors (Lipinski definition) is 2. The molecule has 2 aromatic carbocycles. The fourth-order valence-electron chi connectivity index (χ4n) is 1.86. The van der Waals surface area contributed by atoms with E-state index in [0.29, 0.717) is 17.9 Å². The second-order valence-electron chi connectivity index (χ2n) is 5.10. The third kappa shape index (κ3) is 4.49. The lowest BCUT2D eigenvalue weighted by atomic mass is 10.2. The lowest BCUT2D eigenvalue weighted by Crippen LogP contribution is -2.12. The van der Waals surface area contributed by atoms with Crippen LogP contribution < -0.4 is 10.1 Å². The van der Waals surface area contributed by atoms with E-state index < -0.39 is 0 Å². The molecular weight excluding hydrogens is 262 g/mol. The molecule has 0 heterocycles. The second kappa shape index (κ2) is 6.75. The van der Waals surface area contributed by atoms with Crippen molar-refractivity contribution < 1.29 is 9.53 Å². The zero-order valence-electron chi connectivity index (χ0n) is 12.3. The number of anilines is 1. The molecule has 108 valence electrons. The number of benzene rings is 2. The number of aryl methyl sites for hydroxylation is 1. The number of carbonyl (C=O) groups excluding carboxylic acids is 1. The summed E-state index contributed by atoms with van der Waals surface area (Å²) >= 11 is 0. The second-order valence-corrected chi connectivity index (χ2v) is 5.10. The fraction of sp³-hybridized carbons (Fsp3) is 0.167. The SMILES string of the molecule is C=C(C)COc1cccc(C(=O)Nc2cccc(C)c2)c1. The Labute approximate surface area is 125 Å². The van der Waals surface area contributed by atoms with Crippen molar-refractivity contribution in [2.75, 3.05) is 11.9 Å². The van der Waals surface area contributed by atoms with Gasteiger partial charge in [-0.25, -0.2) is 0 Å². The first-order valence-electron chi connectivity index (χ1n) is 6.80. The van der Waals surface area contributed by atoms with Crippen molar-refractivity contribution in [1.82, 2.24) is 0 Å². The molecule has 3 heteroatoms. The minimum atomic E-state index is -0.152. The molecule has 0 radical (unpaired) electrons. The number of carbonyl (C=O) groups is 1. The average molecular weight is 281 g/mol. The van der Waals surface area contributed by atoms with Gasteiger partial charge in [-0.05, 0) is 55.3 Å². The molecule has 2 aromatic rings. The minimum absolute atomic E-state index is 0.152. The highest BCUT2D eigenvalue weighted by atomic mass is 16.5. The van der Waals surface area contributed by atoms with Crippen LogP contribution in [0.5, 0.6) is 5.75 Å². The van der Waals surface area contributed by atoms with Gasteiger partial charge >= 0.3 is 0 Å². The molecule has 1 amide bonds. The van der Waals surface area contributed by atoms with Crippen LogP contribution in [-0.4, -0.2) is 12.5 Å². The van der Waals surface area contributed by atoms with E-state index in [-0.39, 0.29) is 5.91 Å². The molecule has 0 spiro atoms. The average Bonchev–Trinajstić information content (AvgIpc) is 2.45. The van der Waals surface area contributed by atoms with E-state index >= 15 is 0 Å². The standard InChI is InChI=1S/C18H19NO2/c1-13(2)12-21-17-9-5-7-15(11-17)18(20)19-16-8-4-6-14(3)10-16/h4-11H,1,12H2,2-3H3,(H,19,20). The Bertz CT molecular complexity index is 662. The highest BCUT2D eigenvalue weighted by Gasteiger charge is 2.07. The maximum absolute atomic E-state index is 12.2. The highest BCUT2D eigenvalue weighted by molar-refractivity contribution is 6.04. The highest BCUT2D eigenvalue weighted by Crippen LogP contribution is 2.16. The summed E-state index contributed by atoms with van der Waals surface area (Å²) in [6, 6.07) is 14.8. The third-order valence-electron chi connectivity index (χ3n) is 2.86. The van der Waals surface area contributed by atoms with Crippen LogP contribution in [0, 0.1) is 6.92 Å². The van der Waals surface area contributed by atoms with Crippen molar-refractivity contribution in [1.29, 1.82) is 0 Å². The van der Waals surface area contributed by atoms with Crippen LogP contribution in [0.4, 0.5) is 5.69 Å². The van der Waals surface area contributed by atoms with Crippen molar-refractivity contribution in [3.8, 4) is 5.75 Å². The van der Waals surface area contributed by atoms with E-state index in [2.05, 4.69) is 11.9 Å². The van der Waals surface area contributed by atoms with E-state index in [1.54, 1.807) is 18.2 Å². The van der Waals surface area contributed by atoms with E-state index in [9.17, 15) is 4.79 Å². The number of rotatable bonds is 5. The van der Waals surface area contributed by atoms with Gasteiger partial charge in [-0.1, -0.05) is 24.8 Å². The lowest BCUT2D eigenvalue weighted by molar-refractivity contribution is 0.102. The third-order valence-corrected chi connectivity index (χ3v) is 2.86. The van der Waals surface area contributed by atoms with Crippen LogP contribution in [0.25, 0.3) is 0 Å². The van der Waals surface area contributed by atoms with Crippen molar-refractivity contribution in [3.05, 3.63) is 71.8 Å². The van der Waals surface area contributed by atoms with Gasteiger partial charge in [0.2, 0.25) is 0 Å². The molecular formula is C18H19NO2. The summed E-state index contributed by atoms with van der Waals surface area (Å²) in [5, 5.41) is 2.88. The smallest absolute Gasteiger partial charge is 0.255 e. The monoisotopic (exact) mass is 281 g/mol. The Morgan fingerprint density at radius 2 is 1.95 bits per heavy atom. The first-order valence-corrected chi connectivity index (χ1v) is 6.80. The summed E-state index contributed by atoms with van der Waals surface area (Å²) in [6.45, 7) is 8.12. The molecule has 0 atom stereocenters. The molecule has 0 aliphatic carbocycles. The molecule has 0 saturated heterocycles. The van der Waals surface area contributed by atoms with Gasteiger partial charge in [-0.2, -0.15) is 0 Å². The normalized spacial score (nSPS) is 10.0. The maximum Gasteiger partial charge on any atom is 0.255 e. The molecule has 2 rings (SSSR count). The first kappa shape index (κ1) is 14.9. The Hall–Kier alpha value is -2.55. The van der Waals surface area contributed by atoms with Gasteiger partial charge in [0.15, 0.2) is 0 Å². The molecule has 3 nitrogen and oxygen atoms in total. The summed E-state index contributed by atoms with van der Waals surface area (Å²) in [5.74, 6) is 0.510. The summed E-state index contributed by atoms with van der Waals surface area (Å²) in [5.41, 5.74) is 3.39. The molecule has 0 aliphatic heterocycles. The molecule has 0 unspecified atom stereocenters. The zero-order valence-corrected chi connectivity index (χ0v) is 12.3. The lowest BCUT2D eigenvalue weighted by Gasteiger charge is -2.09. The van der Waals surface area contributed by atoms with Crippen molar-refractivity contribution in [2.45, 2.75) is 13.8 Å². The van der Waals surface area contributed by atoms with Crippen LogP contribution in [-0.2, 0) is 0 Å². The largest absolute Gasteiger partial charge is 0.489 e. The van der Waals surface area contributed by atoms with Gasteiger partial charge in [0.1, 0.15) is 12.4 Å². The van der Waals surface area contributed by atoms with Crippen molar-refractivity contribution >= 4 is 11.6 Å². The number of hydrogen-bond donors (Lipinski definition) is 1. The Morgan fingerprint density at radius 3 is 2.67 bits per heavy atom. The fourth-order valence-corrected chi connectivity index (χ4v) is 1.86. The van der Waals surface area contributed by atoms with Crippen molar-refractivity contribution in [2.24, 2.45) is 0 Å². The van der Waals surface area contributed by atoms with E-state index in [4.69, 9.17) is 4.74 Å². The van der Waals surface area contributed by atoms with Crippen LogP contribution >= 0.6 is 0 Å². The van der Waals surface area contributed by atoms with Crippen molar-refractivity contribution in [3.63, 3.8) is 0 Å². The molecule has 0 saturated carbocycles. The zero-order chi connectivity index (χ0) is 15.2. The summed E-state index contributed by atoms with van der Waals surface area (Å²) in [7, 11) is 0. The van der Waals surface area contributed by atoms with E-state index in [1.807, 2.05) is 44.2 Å². The summed E-state index contributed by atoms with van der Waals surface area (Å²) in [6.07, 6.45) is 0. The quantitative estimate of drug-likeness (QED) is 0.834. The predicted octanol–water partition coefficient (Wildman–Crippen LogP) is 4.20. The Balaban J connectivity index is 2.08. The van der Waals surface area contributed by atoms with Crippen LogP contribution in [0.1, 0.15) is 22.8 Å². The van der Waals surface area contributed by atoms with Crippen LogP contribution in [0.15, 0.2) is 60.7 Å². The van der Waals surface area contributed by atoms with Gasteiger partial charge < -0.3 is 10.1 Å². The summed E-state index contributed by atoms with van der Waals surface area (Å²) < 4.78 is 5.55. The molecule has 21 heavy (non-hydrogen) atoms. The van der Waals surface area contributed by atoms with Crippen LogP contribution in [0.2, 0.25) is 0 Å². The Morgan fingerprint density at radius 1 is 1.19 bits per heavy atom. The number of nitrogens with one attached hydrogen (secondary N) is 1. The molecule has 0 aliphatic rings. The van der Waals surface area contributed by atoms with E-state index in [0.717, 1.165) is 16.8 Å². The van der Waals surface area contributed by atoms with Gasteiger partial charge in [-0.15, -0.1) is 0 Å². The molecule has 0 aromatic heterocycles. The molecule has 1 N–H and O–H groups in total. The number of amides is 1. The maximum atomic E-state index is 12.2. The van der Waals surface area contributed by atoms with Gasteiger partial charge in [-0.3, -0.25) is 4.79 Å². The minimum Gasteiger partial charge on any atom is -0.489 e. The molecule has 0 bridgehead atoms. The molecule has 0 fully saturated rings. The van der Waals surface area contributed by atoms with E-state index in [1.165, 1.54) is 0 Å². The topological polar surface area (TPSA) is 38.3 Å². The van der Waals surface area contributed by atoms with Gasteiger partial charge in [0.05, 0.1) is 0 Å². The van der Waals surface area contributed by atoms with Gasteiger partial charge in [0, 0.05) is 11.3 Å².